The molecule has 0 aromatic heterocycles. The van der Waals surface area contributed by atoms with Gasteiger partial charge in [0, 0.05) is 6.07 Å². The molecule has 1 atom stereocenters. The van der Waals surface area contributed by atoms with Crippen molar-refractivity contribution in [2.24, 2.45) is 0 Å². The highest BCUT2D eigenvalue weighted by molar-refractivity contribution is 5.59. The molecule has 0 fully saturated rings. The van der Waals surface area contributed by atoms with E-state index < -0.39 is 0 Å². The normalized spacial score (nSPS) is 18.0. The molecule has 98 valence electrons. The smallest absolute Gasteiger partial charge is 0.142 e. The molecule has 0 aliphatic carbocycles. The molecule has 4 heteroatoms. The van der Waals surface area contributed by atoms with Crippen LogP contribution in [0.2, 0.25) is 0 Å². The Balaban J connectivity index is 2.00. The third-order valence-electron chi connectivity index (χ3n) is 2.95. The molecule has 0 saturated heterocycles. The molecule has 0 bridgehead atoms. The second-order valence-electron chi connectivity index (χ2n) is 4.15. The Kier molecular flexibility index (Phi) is 4.34. The molecule has 1 aromatic rings. The number of rotatable bonds is 5. The maximum atomic E-state index is 5.51. The van der Waals surface area contributed by atoms with Crippen LogP contribution in [0, 0.1) is 0 Å². The number of allylic oxidation sites excluding steroid dienone is 1. The van der Waals surface area contributed by atoms with Crippen LogP contribution < -0.4 is 14.8 Å². The maximum Gasteiger partial charge on any atom is 0.142 e. The Hall–Kier alpha value is -1.84. The minimum absolute atomic E-state index is 0.214. The standard InChI is InChI=1S/C14H19NO3/c1-16-11-6-7-14(17-2)13(9-11)15-10-12-5-3-4-8-18-12/h4,6-9,12,15H,3,5,10H2,1-2H3. The van der Waals surface area contributed by atoms with Gasteiger partial charge >= 0.3 is 0 Å². The lowest BCUT2D eigenvalue weighted by Crippen LogP contribution is -2.23. The summed E-state index contributed by atoms with van der Waals surface area (Å²) in [6, 6.07) is 5.70. The summed E-state index contributed by atoms with van der Waals surface area (Å²) in [4.78, 5) is 0. The van der Waals surface area contributed by atoms with Crippen molar-refractivity contribution < 1.29 is 14.2 Å². The molecule has 1 aliphatic heterocycles. The molecule has 0 radical (unpaired) electrons. The fourth-order valence-electron chi connectivity index (χ4n) is 1.91. The largest absolute Gasteiger partial charge is 0.497 e. The van der Waals surface area contributed by atoms with Gasteiger partial charge < -0.3 is 19.5 Å². The van der Waals surface area contributed by atoms with Crippen LogP contribution in [0.4, 0.5) is 5.69 Å². The first kappa shape index (κ1) is 12.6. The molecule has 1 aromatic carbocycles. The van der Waals surface area contributed by atoms with Gasteiger partial charge in [0.15, 0.2) is 0 Å². The predicted octanol–water partition coefficient (Wildman–Crippen LogP) is 2.81. The Morgan fingerprint density at radius 3 is 2.89 bits per heavy atom. The van der Waals surface area contributed by atoms with Crippen molar-refractivity contribution >= 4 is 5.69 Å². The Morgan fingerprint density at radius 2 is 2.22 bits per heavy atom. The second kappa shape index (κ2) is 6.19. The fourth-order valence-corrected chi connectivity index (χ4v) is 1.91. The van der Waals surface area contributed by atoms with E-state index >= 15 is 0 Å². The number of hydrogen-bond acceptors (Lipinski definition) is 4. The minimum atomic E-state index is 0.214. The molecule has 0 spiro atoms. The van der Waals surface area contributed by atoms with Gasteiger partial charge in [-0.3, -0.25) is 0 Å². The molecular formula is C14H19NO3. The lowest BCUT2D eigenvalue weighted by Gasteiger charge is -2.21. The predicted molar refractivity (Wildman–Crippen MR) is 71.3 cm³/mol. The first-order valence-electron chi connectivity index (χ1n) is 6.10. The molecule has 0 amide bonds. The number of ether oxygens (including phenoxy) is 3. The first-order valence-corrected chi connectivity index (χ1v) is 6.10. The van der Waals surface area contributed by atoms with E-state index in [0.29, 0.717) is 0 Å². The zero-order valence-corrected chi connectivity index (χ0v) is 10.8. The first-order chi connectivity index (χ1) is 8.83. The number of nitrogens with one attached hydrogen (secondary N) is 1. The third kappa shape index (κ3) is 3.09. The number of anilines is 1. The van der Waals surface area contributed by atoms with Crippen molar-refractivity contribution in [3.8, 4) is 11.5 Å². The summed E-state index contributed by atoms with van der Waals surface area (Å²) in [7, 11) is 3.31. The van der Waals surface area contributed by atoms with E-state index in [-0.39, 0.29) is 6.10 Å². The molecule has 1 aliphatic rings. The van der Waals surface area contributed by atoms with Gasteiger partial charge in [0.1, 0.15) is 17.6 Å². The summed E-state index contributed by atoms with van der Waals surface area (Å²) in [5, 5.41) is 3.34. The van der Waals surface area contributed by atoms with Crippen LogP contribution in [0.25, 0.3) is 0 Å². The maximum absolute atomic E-state index is 5.51. The van der Waals surface area contributed by atoms with Crippen LogP contribution in [-0.4, -0.2) is 26.9 Å². The van der Waals surface area contributed by atoms with Crippen molar-refractivity contribution in [1.82, 2.24) is 0 Å². The van der Waals surface area contributed by atoms with Gasteiger partial charge in [-0.05, 0) is 31.1 Å². The van der Waals surface area contributed by atoms with Gasteiger partial charge in [-0.2, -0.15) is 0 Å². The molecule has 18 heavy (non-hydrogen) atoms. The summed E-state index contributed by atoms with van der Waals surface area (Å²) < 4.78 is 16.0. The SMILES string of the molecule is COc1ccc(OC)c(NCC2CCC=CO2)c1. The van der Waals surface area contributed by atoms with E-state index in [1.165, 1.54) is 0 Å². The molecule has 1 N–H and O–H groups in total. The summed E-state index contributed by atoms with van der Waals surface area (Å²) in [6.45, 7) is 0.758. The zero-order chi connectivity index (χ0) is 12.8. The van der Waals surface area contributed by atoms with Crippen LogP contribution in [0.5, 0.6) is 11.5 Å². The monoisotopic (exact) mass is 249 g/mol. The molecule has 2 rings (SSSR count). The molecule has 1 unspecified atom stereocenters. The second-order valence-corrected chi connectivity index (χ2v) is 4.15. The Morgan fingerprint density at radius 1 is 1.33 bits per heavy atom. The van der Waals surface area contributed by atoms with Crippen molar-refractivity contribution in [2.45, 2.75) is 18.9 Å². The van der Waals surface area contributed by atoms with Gasteiger partial charge in [0.25, 0.3) is 0 Å². The van der Waals surface area contributed by atoms with Crippen molar-refractivity contribution in [3.05, 3.63) is 30.5 Å². The van der Waals surface area contributed by atoms with Crippen LogP contribution >= 0.6 is 0 Å². The van der Waals surface area contributed by atoms with Crippen molar-refractivity contribution in [3.63, 3.8) is 0 Å². The molecular weight excluding hydrogens is 230 g/mol. The molecule has 4 nitrogen and oxygen atoms in total. The average molecular weight is 249 g/mol. The Bertz CT molecular complexity index is 418. The Labute approximate surface area is 108 Å². The summed E-state index contributed by atoms with van der Waals surface area (Å²) in [5.74, 6) is 1.62. The summed E-state index contributed by atoms with van der Waals surface area (Å²) in [6.07, 6.45) is 6.14. The van der Waals surface area contributed by atoms with Crippen LogP contribution in [0.15, 0.2) is 30.5 Å². The topological polar surface area (TPSA) is 39.7 Å². The van der Waals surface area contributed by atoms with Crippen LogP contribution in [0.3, 0.4) is 0 Å². The van der Waals surface area contributed by atoms with E-state index in [1.807, 2.05) is 24.3 Å². The molecule has 1 heterocycles. The fraction of sp³-hybridized carbons (Fsp3) is 0.429. The van der Waals surface area contributed by atoms with Crippen LogP contribution in [0.1, 0.15) is 12.8 Å². The highest BCUT2D eigenvalue weighted by atomic mass is 16.5. The zero-order valence-electron chi connectivity index (χ0n) is 10.8. The highest BCUT2D eigenvalue weighted by Crippen LogP contribution is 2.29. The average Bonchev–Trinajstić information content (AvgIpc) is 2.45. The van der Waals surface area contributed by atoms with Gasteiger partial charge in [-0.15, -0.1) is 0 Å². The lowest BCUT2D eigenvalue weighted by molar-refractivity contribution is 0.135. The number of benzene rings is 1. The van der Waals surface area contributed by atoms with Crippen LogP contribution in [-0.2, 0) is 4.74 Å². The number of hydrogen-bond donors (Lipinski definition) is 1. The lowest BCUT2D eigenvalue weighted by atomic mass is 10.1. The van der Waals surface area contributed by atoms with Gasteiger partial charge in [0.05, 0.1) is 32.7 Å². The van der Waals surface area contributed by atoms with E-state index in [4.69, 9.17) is 14.2 Å². The van der Waals surface area contributed by atoms with E-state index in [0.717, 1.165) is 36.6 Å². The number of methoxy groups -OCH3 is 2. The third-order valence-corrected chi connectivity index (χ3v) is 2.95. The quantitative estimate of drug-likeness (QED) is 0.871. The highest BCUT2D eigenvalue weighted by Gasteiger charge is 2.12. The van der Waals surface area contributed by atoms with E-state index in [9.17, 15) is 0 Å². The summed E-state index contributed by atoms with van der Waals surface area (Å²) in [5.41, 5.74) is 0.926. The molecule has 0 saturated carbocycles. The minimum Gasteiger partial charge on any atom is -0.497 e. The summed E-state index contributed by atoms with van der Waals surface area (Å²) >= 11 is 0. The van der Waals surface area contributed by atoms with Crippen molar-refractivity contribution in [1.29, 1.82) is 0 Å². The van der Waals surface area contributed by atoms with Gasteiger partial charge in [-0.25, -0.2) is 0 Å². The van der Waals surface area contributed by atoms with E-state index in [1.54, 1.807) is 20.5 Å². The van der Waals surface area contributed by atoms with Gasteiger partial charge in [0.2, 0.25) is 0 Å². The van der Waals surface area contributed by atoms with Crippen molar-refractivity contribution in [2.75, 3.05) is 26.1 Å². The van der Waals surface area contributed by atoms with E-state index in [2.05, 4.69) is 5.32 Å². The van der Waals surface area contributed by atoms with Gasteiger partial charge in [-0.1, -0.05) is 0 Å².